The van der Waals surface area contributed by atoms with Crippen LogP contribution in [0.4, 0.5) is 0 Å². The average molecular weight is 586 g/mol. The largest absolute Gasteiger partial charge is 0.481 e. The molecule has 1 heterocycles. The van der Waals surface area contributed by atoms with E-state index in [0.717, 1.165) is 63.6 Å². The highest BCUT2D eigenvalue weighted by Gasteiger charge is 2.24. The molecule has 3 fully saturated rings. The molecular formula is C31H63N5O5. The molecule has 0 spiro atoms. The van der Waals surface area contributed by atoms with Gasteiger partial charge in [0.05, 0.1) is 0 Å². The van der Waals surface area contributed by atoms with Gasteiger partial charge >= 0.3 is 11.9 Å². The quantitative estimate of drug-likeness (QED) is 0.163. The molecule has 0 radical (unpaired) electrons. The van der Waals surface area contributed by atoms with Crippen molar-refractivity contribution in [3.8, 4) is 0 Å². The second-order valence-corrected chi connectivity index (χ2v) is 11.9. The monoisotopic (exact) mass is 585 g/mol. The topological polar surface area (TPSA) is 208 Å². The summed E-state index contributed by atoms with van der Waals surface area (Å²) in [6.45, 7) is 2.54. The third kappa shape index (κ3) is 26.9. The van der Waals surface area contributed by atoms with Crippen LogP contribution in [0.15, 0.2) is 0 Å². The Morgan fingerprint density at radius 2 is 1.10 bits per heavy atom. The van der Waals surface area contributed by atoms with E-state index in [2.05, 4.69) is 5.32 Å². The molecule has 10 heteroatoms. The van der Waals surface area contributed by atoms with Gasteiger partial charge in [-0.25, -0.2) is 0 Å². The minimum Gasteiger partial charge on any atom is -0.481 e. The van der Waals surface area contributed by atoms with Crippen LogP contribution in [-0.4, -0.2) is 59.8 Å². The number of amides is 1. The number of nitrogens with one attached hydrogen (secondary N) is 1. The van der Waals surface area contributed by atoms with E-state index in [9.17, 15) is 14.4 Å². The third-order valence-corrected chi connectivity index (χ3v) is 8.04. The molecule has 242 valence electrons. The summed E-state index contributed by atoms with van der Waals surface area (Å²) in [4.78, 5) is 30.4. The number of rotatable bonds is 12. The van der Waals surface area contributed by atoms with E-state index in [1.807, 2.05) is 0 Å². The number of carbonyl (C=O) groups excluding carboxylic acids is 1. The van der Waals surface area contributed by atoms with Crippen LogP contribution in [0.3, 0.4) is 0 Å². The predicted molar refractivity (Wildman–Crippen MR) is 166 cm³/mol. The fourth-order valence-electron chi connectivity index (χ4n) is 5.42. The lowest BCUT2D eigenvalue weighted by Gasteiger charge is -2.32. The maximum atomic E-state index is 10.6. The molecule has 3 aliphatic rings. The number of carboxylic acids is 2. The zero-order valence-corrected chi connectivity index (χ0v) is 25.7. The third-order valence-electron chi connectivity index (χ3n) is 8.04. The number of hydrogen-bond donors (Lipinski definition) is 7. The number of unbranched alkanes of at least 4 members (excludes halogenated alkanes) is 4. The van der Waals surface area contributed by atoms with Gasteiger partial charge in [0.2, 0.25) is 5.91 Å². The van der Waals surface area contributed by atoms with Crippen molar-refractivity contribution in [1.29, 1.82) is 0 Å². The lowest BCUT2D eigenvalue weighted by molar-refractivity contribution is -0.139. The summed E-state index contributed by atoms with van der Waals surface area (Å²) < 4.78 is 0. The first-order chi connectivity index (χ1) is 19.7. The lowest BCUT2D eigenvalue weighted by atomic mass is 9.76. The van der Waals surface area contributed by atoms with Gasteiger partial charge in [-0.2, -0.15) is 0 Å². The lowest BCUT2D eigenvalue weighted by Crippen LogP contribution is -2.30. The number of carbonyl (C=O) groups is 3. The van der Waals surface area contributed by atoms with Crippen molar-refractivity contribution in [1.82, 2.24) is 5.32 Å². The summed E-state index contributed by atoms with van der Waals surface area (Å²) >= 11 is 0. The summed E-state index contributed by atoms with van der Waals surface area (Å²) in [6, 6.07) is 1.00. The molecule has 41 heavy (non-hydrogen) atoms. The molecule has 1 amide bonds. The minimum absolute atomic E-state index is 0.0628. The maximum Gasteiger partial charge on any atom is 0.303 e. The van der Waals surface area contributed by atoms with Gasteiger partial charge in [0.15, 0.2) is 0 Å². The van der Waals surface area contributed by atoms with Crippen LogP contribution in [-0.2, 0) is 14.4 Å². The Morgan fingerprint density at radius 3 is 1.49 bits per heavy atom. The van der Waals surface area contributed by atoms with Crippen molar-refractivity contribution < 1.29 is 24.6 Å². The first-order valence-corrected chi connectivity index (χ1v) is 16.3. The van der Waals surface area contributed by atoms with Crippen molar-refractivity contribution in [3.05, 3.63) is 0 Å². The minimum atomic E-state index is -0.870. The molecule has 10 nitrogen and oxygen atoms in total. The molecule has 0 atom stereocenters. The van der Waals surface area contributed by atoms with Gasteiger partial charge in [-0.05, 0) is 121 Å². The van der Waals surface area contributed by atoms with E-state index in [1.165, 1.54) is 77.0 Å². The molecule has 0 bridgehead atoms. The van der Waals surface area contributed by atoms with Crippen LogP contribution in [0.2, 0.25) is 0 Å². The summed E-state index contributed by atoms with van der Waals surface area (Å²) in [5.74, 6) is 0.437. The Labute approximate surface area is 249 Å². The van der Waals surface area contributed by atoms with E-state index in [-0.39, 0.29) is 18.7 Å². The fourth-order valence-corrected chi connectivity index (χ4v) is 5.42. The number of aliphatic carboxylic acids is 2. The van der Waals surface area contributed by atoms with Gasteiger partial charge in [-0.1, -0.05) is 19.3 Å². The van der Waals surface area contributed by atoms with Gasteiger partial charge in [-0.15, -0.1) is 0 Å². The van der Waals surface area contributed by atoms with E-state index in [0.29, 0.717) is 24.9 Å². The van der Waals surface area contributed by atoms with Crippen molar-refractivity contribution in [3.63, 3.8) is 0 Å². The number of hydrogen-bond acceptors (Lipinski definition) is 7. The van der Waals surface area contributed by atoms with Crippen LogP contribution in [0, 0.1) is 11.8 Å². The Morgan fingerprint density at radius 1 is 0.659 bits per heavy atom. The molecule has 1 saturated heterocycles. The first kappa shape index (κ1) is 39.2. The van der Waals surface area contributed by atoms with Crippen molar-refractivity contribution in [2.24, 2.45) is 34.8 Å². The van der Waals surface area contributed by atoms with Crippen molar-refractivity contribution in [2.75, 3.05) is 19.6 Å². The standard InChI is InChI=1S/C13H26N2.C6H16N2.C6H11NO.C6H10O4/c14-12-5-1-10(2-6-12)9-11-3-7-13(15)8-4-11;7-5-3-1-2-4-6-8;8-6-4-2-1-3-5-7-6;7-5(8)3-1-2-4-6(9)10/h10-13H,1-9,14-15H2;1-8H2;1-5H2,(H,7,8);1-4H2,(H,7,8)(H,9,10). The molecule has 3 rings (SSSR count). The predicted octanol–water partition coefficient (Wildman–Crippen LogP) is 4.27. The Hall–Kier alpha value is -1.75. The van der Waals surface area contributed by atoms with E-state index < -0.39 is 11.9 Å². The van der Waals surface area contributed by atoms with Gasteiger partial charge in [-0.3, -0.25) is 14.4 Å². The van der Waals surface area contributed by atoms with Gasteiger partial charge in [0, 0.05) is 37.9 Å². The highest BCUT2D eigenvalue weighted by atomic mass is 16.4. The second-order valence-electron chi connectivity index (χ2n) is 11.9. The zero-order valence-electron chi connectivity index (χ0n) is 25.7. The highest BCUT2D eigenvalue weighted by molar-refractivity contribution is 5.75. The second kappa shape index (κ2) is 27.1. The van der Waals surface area contributed by atoms with Crippen LogP contribution < -0.4 is 28.3 Å². The molecule has 1 aliphatic heterocycles. The molecule has 0 aromatic carbocycles. The molecule has 2 saturated carbocycles. The average Bonchev–Trinajstić information content (AvgIpc) is 3.20. The van der Waals surface area contributed by atoms with Crippen molar-refractivity contribution >= 4 is 17.8 Å². The molecule has 0 aromatic rings. The Balaban J connectivity index is 0.000000544. The van der Waals surface area contributed by atoms with Gasteiger partial charge < -0.3 is 38.5 Å². The SMILES string of the molecule is NC1CCC(CC2CCC(N)CC2)CC1.NCCCCCCN.O=C(O)CCCCC(=O)O.O=C1CCCCCN1. The summed E-state index contributed by atoms with van der Waals surface area (Å²) in [5, 5.41) is 19.1. The highest BCUT2D eigenvalue weighted by Crippen LogP contribution is 2.34. The van der Waals surface area contributed by atoms with Crippen molar-refractivity contribution in [2.45, 2.75) is 147 Å². The maximum absolute atomic E-state index is 10.6. The molecule has 2 aliphatic carbocycles. The Bertz CT molecular complexity index is 599. The normalized spacial score (nSPS) is 24.0. The summed E-state index contributed by atoms with van der Waals surface area (Å²) in [5.41, 5.74) is 22.4. The summed E-state index contributed by atoms with van der Waals surface area (Å²) in [6.07, 6.45) is 22.0. The smallest absolute Gasteiger partial charge is 0.303 e. The summed E-state index contributed by atoms with van der Waals surface area (Å²) in [7, 11) is 0. The van der Waals surface area contributed by atoms with Gasteiger partial charge in [0.1, 0.15) is 0 Å². The number of nitrogens with two attached hydrogens (primary N) is 4. The first-order valence-electron chi connectivity index (χ1n) is 16.3. The van der Waals surface area contributed by atoms with E-state index >= 15 is 0 Å². The zero-order chi connectivity index (χ0) is 30.7. The van der Waals surface area contributed by atoms with Crippen LogP contribution in [0.5, 0.6) is 0 Å². The van der Waals surface area contributed by atoms with Gasteiger partial charge in [0.25, 0.3) is 0 Å². The Kier molecular flexibility index (Phi) is 25.9. The molecular weight excluding hydrogens is 522 g/mol. The van der Waals surface area contributed by atoms with Crippen LogP contribution in [0.1, 0.15) is 135 Å². The van der Waals surface area contributed by atoms with Crippen LogP contribution in [0.25, 0.3) is 0 Å². The fraction of sp³-hybridized carbons (Fsp3) is 0.903. The molecule has 0 unspecified atom stereocenters. The molecule has 0 aromatic heterocycles. The van der Waals surface area contributed by atoms with E-state index in [1.54, 1.807) is 0 Å². The van der Waals surface area contributed by atoms with Crippen LogP contribution >= 0.6 is 0 Å². The number of carboxylic acid groups (broad SMARTS) is 2. The van der Waals surface area contributed by atoms with E-state index in [4.69, 9.17) is 33.1 Å². The molecule has 11 N–H and O–H groups in total.